The summed E-state index contributed by atoms with van der Waals surface area (Å²) in [5.74, 6) is 0. The molecule has 5 heteroatoms. The topological polar surface area (TPSA) is 0 Å². The molecule has 0 saturated heterocycles. The van der Waals surface area contributed by atoms with Crippen molar-refractivity contribution in [2.45, 2.75) is 0 Å². The average Bonchev–Trinajstić information content (AvgIpc) is 0. The van der Waals surface area contributed by atoms with Gasteiger partial charge in [0.2, 0.25) is 0 Å². The number of rotatable bonds is 0. The third-order valence-electron chi connectivity index (χ3n) is 0. The molecule has 0 aromatic heterocycles. The standard InChI is InChI=1S/2ClH.3Ti/h2*1H;;;. The largest absolute Gasteiger partial charge is 0.147 e. The molecule has 0 saturated carbocycles. The van der Waals surface area contributed by atoms with Gasteiger partial charge >= 0.3 is 0 Å². The van der Waals surface area contributed by atoms with Crippen molar-refractivity contribution in [3.05, 3.63) is 0 Å². The number of halogens is 2. The molecule has 0 N–H and O–H groups in total. The fourth-order valence-corrected chi connectivity index (χ4v) is 0. The van der Waals surface area contributed by atoms with E-state index in [2.05, 4.69) is 0 Å². The van der Waals surface area contributed by atoms with Gasteiger partial charge in [-0.05, 0) is 0 Å². The van der Waals surface area contributed by atoms with Gasteiger partial charge in [0.1, 0.15) is 0 Å². The van der Waals surface area contributed by atoms with Crippen LogP contribution in [0.2, 0.25) is 0 Å². The molecule has 0 spiro atoms. The van der Waals surface area contributed by atoms with Crippen molar-refractivity contribution in [2.24, 2.45) is 0 Å². The smallest absolute Gasteiger partial charge is 0 e. The first kappa shape index (κ1) is 47.1. The quantitative estimate of drug-likeness (QED) is 0.527. The molecule has 0 fully saturated rings. The zero-order valence-electron chi connectivity index (χ0n) is 2.32. The van der Waals surface area contributed by atoms with E-state index in [4.69, 9.17) is 0 Å². The van der Waals surface area contributed by atoms with Crippen LogP contribution in [-0.4, -0.2) is 0 Å². The van der Waals surface area contributed by atoms with E-state index in [9.17, 15) is 0 Å². The third-order valence-corrected chi connectivity index (χ3v) is 0. The van der Waals surface area contributed by atoms with Crippen molar-refractivity contribution in [3.63, 3.8) is 0 Å². The molecule has 28 valence electrons. The molecular weight excluding hydrogens is 215 g/mol. The monoisotopic (exact) mass is 216 g/mol. The summed E-state index contributed by atoms with van der Waals surface area (Å²) in [6, 6.07) is 0. The van der Waals surface area contributed by atoms with E-state index in [1.54, 1.807) is 0 Å². The van der Waals surface area contributed by atoms with Crippen LogP contribution < -0.4 is 0 Å². The van der Waals surface area contributed by atoms with Crippen molar-refractivity contribution in [1.29, 1.82) is 0 Å². The molecule has 0 radical (unpaired) electrons. The Labute approximate surface area is 88.7 Å². The minimum Gasteiger partial charge on any atom is -0.147 e. The predicted molar refractivity (Wildman–Crippen MR) is 14.5 cm³/mol. The Morgan fingerprint density at radius 2 is 0.400 bits per heavy atom. The molecule has 0 heterocycles. The summed E-state index contributed by atoms with van der Waals surface area (Å²) >= 11 is 0. The predicted octanol–water partition coefficient (Wildman–Crippen LogP) is 0.836. The molecule has 0 amide bonds. The minimum absolute atomic E-state index is 0. The van der Waals surface area contributed by atoms with Gasteiger partial charge in [0.25, 0.3) is 0 Å². The van der Waals surface area contributed by atoms with Crippen LogP contribution in [0.4, 0.5) is 0 Å². The van der Waals surface area contributed by atoms with E-state index >= 15 is 0 Å². The summed E-state index contributed by atoms with van der Waals surface area (Å²) in [7, 11) is 0. The van der Waals surface area contributed by atoms with Crippen molar-refractivity contribution in [3.8, 4) is 0 Å². The van der Waals surface area contributed by atoms with E-state index in [1.165, 1.54) is 0 Å². The summed E-state index contributed by atoms with van der Waals surface area (Å²) in [6.07, 6.45) is 0. The van der Waals surface area contributed by atoms with Crippen LogP contribution >= 0.6 is 24.8 Å². The Morgan fingerprint density at radius 3 is 0.400 bits per heavy atom. The van der Waals surface area contributed by atoms with Gasteiger partial charge in [-0.15, -0.1) is 24.8 Å². The van der Waals surface area contributed by atoms with Crippen molar-refractivity contribution in [1.82, 2.24) is 0 Å². The summed E-state index contributed by atoms with van der Waals surface area (Å²) < 4.78 is 0. The molecule has 0 aromatic rings. The Balaban J connectivity index is 0. The van der Waals surface area contributed by atoms with Crippen LogP contribution in [0.5, 0.6) is 0 Å². The first-order valence-corrected chi connectivity index (χ1v) is 0. The summed E-state index contributed by atoms with van der Waals surface area (Å²) in [5.41, 5.74) is 0. The van der Waals surface area contributed by atoms with Gasteiger partial charge in [-0.1, -0.05) is 0 Å². The van der Waals surface area contributed by atoms with Gasteiger partial charge in [-0.25, -0.2) is 0 Å². The SMILES string of the molecule is Cl.Cl.[Ti].[Ti].[Ti]. The molecule has 5 heavy (non-hydrogen) atoms. The number of hydrogen-bond acceptors (Lipinski definition) is 0. The van der Waals surface area contributed by atoms with Gasteiger partial charge in [0, 0.05) is 65.2 Å². The molecule has 0 aliphatic heterocycles. The van der Waals surface area contributed by atoms with Crippen LogP contribution in [0.25, 0.3) is 0 Å². The van der Waals surface area contributed by atoms with Gasteiger partial charge in [-0.2, -0.15) is 0 Å². The Hall–Kier alpha value is 2.72. The Bertz CT molecular complexity index is 4.85. The first-order valence-electron chi connectivity index (χ1n) is 0. The Morgan fingerprint density at radius 1 is 0.400 bits per heavy atom. The van der Waals surface area contributed by atoms with E-state index in [-0.39, 0.29) is 90.0 Å². The molecule has 0 aromatic carbocycles. The van der Waals surface area contributed by atoms with E-state index in [0.717, 1.165) is 0 Å². The van der Waals surface area contributed by atoms with Crippen molar-refractivity contribution in [2.75, 3.05) is 0 Å². The fourth-order valence-electron chi connectivity index (χ4n) is 0. The van der Waals surface area contributed by atoms with Crippen LogP contribution in [0.3, 0.4) is 0 Å². The van der Waals surface area contributed by atoms with Crippen molar-refractivity contribution < 1.29 is 65.2 Å². The second kappa shape index (κ2) is 29.7. The van der Waals surface area contributed by atoms with Crippen LogP contribution in [0.15, 0.2) is 0 Å². The van der Waals surface area contributed by atoms with Crippen LogP contribution in [0.1, 0.15) is 0 Å². The zero-order valence-corrected chi connectivity index (χ0v) is 8.63. The summed E-state index contributed by atoms with van der Waals surface area (Å²) in [4.78, 5) is 0. The molecule has 0 nitrogen and oxygen atoms in total. The Kier molecular flexibility index (Phi) is 280. The number of hydrogen-bond donors (Lipinski definition) is 0. The second-order valence-corrected chi connectivity index (χ2v) is 0. The molecule has 0 rings (SSSR count). The van der Waals surface area contributed by atoms with E-state index in [1.807, 2.05) is 0 Å². The maximum absolute atomic E-state index is 0. The molecular formula is H2Cl2Ti3. The summed E-state index contributed by atoms with van der Waals surface area (Å²) in [6.45, 7) is 0. The third kappa shape index (κ3) is 20.2. The second-order valence-electron chi connectivity index (χ2n) is 0. The van der Waals surface area contributed by atoms with E-state index in [0.29, 0.717) is 0 Å². The molecule has 0 bridgehead atoms. The fraction of sp³-hybridized carbons (Fsp3) is 0. The molecule has 0 unspecified atom stereocenters. The van der Waals surface area contributed by atoms with Gasteiger partial charge < -0.3 is 0 Å². The first-order chi connectivity index (χ1) is 0. The maximum Gasteiger partial charge on any atom is 0 e. The zero-order chi connectivity index (χ0) is 0. The molecule has 0 aliphatic rings. The van der Waals surface area contributed by atoms with Crippen LogP contribution in [0, 0.1) is 0 Å². The molecule has 0 aliphatic carbocycles. The van der Waals surface area contributed by atoms with Crippen LogP contribution in [-0.2, 0) is 65.2 Å². The minimum atomic E-state index is 0. The van der Waals surface area contributed by atoms with Crippen molar-refractivity contribution >= 4 is 24.8 Å². The van der Waals surface area contributed by atoms with Gasteiger partial charge in [0.05, 0.1) is 0 Å². The van der Waals surface area contributed by atoms with Gasteiger partial charge in [-0.3, -0.25) is 0 Å². The van der Waals surface area contributed by atoms with E-state index < -0.39 is 0 Å². The average molecular weight is 217 g/mol. The maximum atomic E-state index is 0. The summed E-state index contributed by atoms with van der Waals surface area (Å²) in [5, 5.41) is 0. The van der Waals surface area contributed by atoms with Gasteiger partial charge in [0.15, 0.2) is 0 Å². The normalized spacial score (nSPS) is 0. The molecule has 0 atom stereocenters.